The van der Waals surface area contributed by atoms with Gasteiger partial charge in [0.15, 0.2) is 0 Å². The van der Waals surface area contributed by atoms with Crippen LogP contribution in [-0.2, 0) is 17.8 Å². The fraction of sp³-hybridized carbons (Fsp3) is 0.357. The van der Waals surface area contributed by atoms with Crippen LogP contribution in [0.15, 0.2) is 24.4 Å². The van der Waals surface area contributed by atoms with Gasteiger partial charge in [0.2, 0.25) is 0 Å². The Hall–Kier alpha value is -1.77. The van der Waals surface area contributed by atoms with Gasteiger partial charge in [0.1, 0.15) is 0 Å². The molecular weight excluding hydrogens is 214 g/mol. The van der Waals surface area contributed by atoms with E-state index in [-0.39, 0.29) is 6.42 Å². The van der Waals surface area contributed by atoms with Crippen LogP contribution in [0.1, 0.15) is 24.5 Å². The molecule has 0 amide bonds. The predicted octanol–water partition coefficient (Wildman–Crippen LogP) is 2.99. The Morgan fingerprint density at radius 1 is 1.41 bits per heavy atom. The molecule has 0 radical (unpaired) electrons. The molecule has 0 unspecified atom stereocenters. The molecule has 2 rings (SSSR count). The second-order valence-electron chi connectivity index (χ2n) is 4.35. The van der Waals surface area contributed by atoms with Crippen LogP contribution >= 0.6 is 0 Å². The molecule has 0 atom stereocenters. The molecule has 17 heavy (non-hydrogen) atoms. The second-order valence-corrected chi connectivity index (χ2v) is 4.35. The van der Waals surface area contributed by atoms with Gasteiger partial charge in [0.25, 0.3) is 0 Å². The van der Waals surface area contributed by atoms with Crippen LogP contribution in [0, 0.1) is 6.92 Å². The quantitative estimate of drug-likeness (QED) is 0.879. The Labute approximate surface area is 101 Å². The molecule has 2 aromatic rings. The number of carbonyl (C=O) groups is 1. The number of benzene rings is 1. The van der Waals surface area contributed by atoms with E-state index >= 15 is 0 Å². The van der Waals surface area contributed by atoms with Crippen LogP contribution in [-0.4, -0.2) is 15.6 Å². The number of hydrogen-bond acceptors (Lipinski definition) is 1. The summed E-state index contributed by atoms with van der Waals surface area (Å²) in [6.45, 7) is 5.08. The van der Waals surface area contributed by atoms with Gasteiger partial charge in [0, 0.05) is 30.1 Å². The third kappa shape index (κ3) is 2.33. The third-order valence-corrected chi connectivity index (χ3v) is 3.07. The van der Waals surface area contributed by atoms with Gasteiger partial charge in [-0.3, -0.25) is 4.79 Å². The van der Waals surface area contributed by atoms with E-state index < -0.39 is 5.97 Å². The van der Waals surface area contributed by atoms with E-state index in [1.54, 1.807) is 0 Å². The highest BCUT2D eigenvalue weighted by Crippen LogP contribution is 2.23. The van der Waals surface area contributed by atoms with Gasteiger partial charge in [-0.1, -0.05) is 12.1 Å². The number of carboxylic acids is 1. The summed E-state index contributed by atoms with van der Waals surface area (Å²) in [5.74, 6) is -0.741. The lowest BCUT2D eigenvalue weighted by Crippen LogP contribution is -1.97. The normalized spacial score (nSPS) is 10.9. The number of fused-ring (bicyclic) bond motifs is 1. The third-order valence-electron chi connectivity index (χ3n) is 3.07. The minimum absolute atomic E-state index is 0.191. The maximum Gasteiger partial charge on any atom is 0.303 e. The van der Waals surface area contributed by atoms with E-state index in [0.717, 1.165) is 12.1 Å². The molecular formula is C14H17NO2. The number of nitrogens with zero attached hydrogens (tertiary/aromatic N) is 1. The smallest absolute Gasteiger partial charge is 0.303 e. The van der Waals surface area contributed by atoms with Crippen LogP contribution in [0.2, 0.25) is 0 Å². The highest BCUT2D eigenvalue weighted by atomic mass is 16.4. The van der Waals surface area contributed by atoms with E-state index in [4.69, 9.17) is 5.11 Å². The molecule has 0 saturated carbocycles. The molecule has 1 aromatic carbocycles. The zero-order chi connectivity index (χ0) is 12.4. The molecule has 0 aliphatic rings. The standard InChI is InChI=1S/C14H17NO2/c1-3-15-9-11(5-7-14(16)17)12-6-4-10(2)8-13(12)15/h4,6,8-9H,3,5,7H2,1-2H3,(H,16,17). The first-order valence-electron chi connectivity index (χ1n) is 5.92. The van der Waals surface area contributed by atoms with E-state index in [1.165, 1.54) is 16.5 Å². The first-order valence-corrected chi connectivity index (χ1v) is 5.92. The van der Waals surface area contributed by atoms with Gasteiger partial charge in [-0.2, -0.15) is 0 Å². The summed E-state index contributed by atoms with van der Waals surface area (Å²) in [5, 5.41) is 9.93. The zero-order valence-corrected chi connectivity index (χ0v) is 10.2. The second kappa shape index (κ2) is 4.62. The molecule has 3 nitrogen and oxygen atoms in total. The van der Waals surface area contributed by atoms with Gasteiger partial charge in [-0.25, -0.2) is 0 Å². The molecule has 3 heteroatoms. The number of rotatable bonds is 4. The van der Waals surface area contributed by atoms with Gasteiger partial charge < -0.3 is 9.67 Å². The number of aliphatic carboxylic acids is 1. The Morgan fingerprint density at radius 2 is 2.18 bits per heavy atom. The zero-order valence-electron chi connectivity index (χ0n) is 10.2. The Balaban J connectivity index is 2.45. The number of aryl methyl sites for hydroxylation is 3. The van der Waals surface area contributed by atoms with Gasteiger partial charge >= 0.3 is 5.97 Å². The molecule has 0 saturated heterocycles. The fourth-order valence-corrected chi connectivity index (χ4v) is 2.18. The number of hydrogen-bond donors (Lipinski definition) is 1. The summed E-state index contributed by atoms with van der Waals surface area (Å²) in [7, 11) is 0. The Kier molecular flexibility index (Phi) is 3.18. The summed E-state index contributed by atoms with van der Waals surface area (Å²) in [4.78, 5) is 10.6. The van der Waals surface area contributed by atoms with Crippen molar-refractivity contribution < 1.29 is 9.90 Å². The van der Waals surface area contributed by atoms with Crippen molar-refractivity contribution >= 4 is 16.9 Å². The van der Waals surface area contributed by atoms with Crippen molar-refractivity contribution in [1.29, 1.82) is 0 Å². The summed E-state index contributed by atoms with van der Waals surface area (Å²) in [5.41, 5.74) is 3.56. The Morgan fingerprint density at radius 3 is 2.82 bits per heavy atom. The van der Waals surface area contributed by atoms with Crippen LogP contribution < -0.4 is 0 Å². The number of carboxylic acid groups (broad SMARTS) is 1. The molecule has 0 bridgehead atoms. The molecule has 0 spiro atoms. The lowest BCUT2D eigenvalue weighted by molar-refractivity contribution is -0.136. The van der Waals surface area contributed by atoms with Crippen LogP contribution in [0.4, 0.5) is 0 Å². The predicted molar refractivity (Wildman–Crippen MR) is 68.3 cm³/mol. The molecule has 0 aliphatic heterocycles. The maximum absolute atomic E-state index is 10.6. The maximum atomic E-state index is 10.6. The van der Waals surface area contributed by atoms with Crippen molar-refractivity contribution in [3.05, 3.63) is 35.5 Å². The lowest BCUT2D eigenvalue weighted by atomic mass is 10.1. The summed E-state index contributed by atoms with van der Waals surface area (Å²) in [6.07, 6.45) is 2.87. The van der Waals surface area contributed by atoms with Crippen molar-refractivity contribution in [1.82, 2.24) is 4.57 Å². The minimum atomic E-state index is -0.741. The first-order chi connectivity index (χ1) is 8.11. The van der Waals surface area contributed by atoms with Crippen LogP contribution in [0.5, 0.6) is 0 Å². The molecule has 90 valence electrons. The van der Waals surface area contributed by atoms with Crippen molar-refractivity contribution in [2.45, 2.75) is 33.2 Å². The van der Waals surface area contributed by atoms with E-state index in [9.17, 15) is 4.79 Å². The summed E-state index contributed by atoms with van der Waals surface area (Å²) in [6, 6.07) is 6.32. The van der Waals surface area contributed by atoms with Gasteiger partial charge in [-0.05, 0) is 37.5 Å². The highest BCUT2D eigenvalue weighted by molar-refractivity contribution is 5.85. The molecule has 0 aliphatic carbocycles. The average Bonchev–Trinajstić information content (AvgIpc) is 2.63. The monoisotopic (exact) mass is 231 g/mol. The molecule has 1 N–H and O–H groups in total. The first kappa shape index (κ1) is 11.7. The van der Waals surface area contributed by atoms with E-state index in [1.807, 2.05) is 0 Å². The van der Waals surface area contributed by atoms with Gasteiger partial charge in [0.05, 0.1) is 0 Å². The van der Waals surface area contributed by atoms with E-state index in [0.29, 0.717) is 6.42 Å². The van der Waals surface area contributed by atoms with Crippen LogP contribution in [0.25, 0.3) is 10.9 Å². The van der Waals surface area contributed by atoms with Crippen molar-refractivity contribution in [3.63, 3.8) is 0 Å². The molecule has 1 aromatic heterocycles. The highest BCUT2D eigenvalue weighted by Gasteiger charge is 2.09. The largest absolute Gasteiger partial charge is 0.481 e. The lowest BCUT2D eigenvalue weighted by Gasteiger charge is -2.00. The van der Waals surface area contributed by atoms with Crippen molar-refractivity contribution in [2.24, 2.45) is 0 Å². The molecule has 0 fully saturated rings. The van der Waals surface area contributed by atoms with E-state index in [2.05, 4.69) is 42.8 Å². The summed E-state index contributed by atoms with van der Waals surface area (Å²) >= 11 is 0. The Bertz CT molecular complexity index is 555. The SMILES string of the molecule is CCn1cc(CCC(=O)O)c2ccc(C)cc21. The van der Waals surface area contributed by atoms with Crippen LogP contribution in [0.3, 0.4) is 0 Å². The average molecular weight is 231 g/mol. The van der Waals surface area contributed by atoms with Crippen molar-refractivity contribution in [2.75, 3.05) is 0 Å². The van der Waals surface area contributed by atoms with Crippen molar-refractivity contribution in [3.8, 4) is 0 Å². The number of aromatic nitrogens is 1. The summed E-state index contributed by atoms with van der Waals surface area (Å²) < 4.78 is 2.18. The topological polar surface area (TPSA) is 42.2 Å². The fourth-order valence-electron chi connectivity index (χ4n) is 2.18. The minimum Gasteiger partial charge on any atom is -0.481 e. The molecule has 1 heterocycles. The van der Waals surface area contributed by atoms with Gasteiger partial charge in [-0.15, -0.1) is 0 Å².